The third-order valence-electron chi connectivity index (χ3n) is 3.95. The predicted octanol–water partition coefficient (Wildman–Crippen LogP) is 2.62. The monoisotopic (exact) mass is 341 g/mol. The van der Waals surface area contributed by atoms with Crippen LogP contribution in [-0.2, 0) is 0 Å². The number of hydrogen-bond acceptors (Lipinski definition) is 4. The van der Waals surface area contributed by atoms with E-state index in [2.05, 4.69) is 21.3 Å². The molecule has 1 amide bonds. The van der Waals surface area contributed by atoms with Gasteiger partial charge in [0.2, 0.25) is 0 Å². The first-order valence-corrected chi connectivity index (χ1v) is 8.54. The third kappa shape index (κ3) is 3.39. The minimum Gasteiger partial charge on any atom is -0.349 e. The number of benzene rings is 1. The van der Waals surface area contributed by atoms with Crippen molar-refractivity contribution in [2.24, 2.45) is 0 Å². The van der Waals surface area contributed by atoms with Crippen LogP contribution in [-0.4, -0.2) is 36.4 Å². The van der Waals surface area contributed by atoms with E-state index >= 15 is 0 Å². The zero-order valence-corrected chi connectivity index (χ0v) is 14.4. The molecule has 2 heterocycles. The Morgan fingerprint density at radius 3 is 2.75 bits per heavy atom. The highest BCUT2D eigenvalue weighted by Crippen LogP contribution is 2.22. The number of amides is 1. The molecular weight excluding hydrogens is 322 g/mol. The summed E-state index contributed by atoms with van der Waals surface area (Å²) in [5.41, 5.74) is 0.0306. The van der Waals surface area contributed by atoms with Gasteiger partial charge < -0.3 is 15.2 Å². The molecule has 2 aromatic heterocycles. The summed E-state index contributed by atoms with van der Waals surface area (Å²) < 4.78 is 0. The molecule has 124 valence electrons. The Labute approximate surface area is 143 Å². The number of pyridine rings is 1. The van der Waals surface area contributed by atoms with Crippen molar-refractivity contribution in [3.8, 4) is 0 Å². The van der Waals surface area contributed by atoms with Crippen molar-refractivity contribution in [3.63, 3.8) is 0 Å². The summed E-state index contributed by atoms with van der Waals surface area (Å²) in [6.45, 7) is 0.473. The van der Waals surface area contributed by atoms with Crippen molar-refractivity contribution >= 4 is 28.0 Å². The minimum absolute atomic E-state index is 0.0983. The Bertz CT molecular complexity index is 900. The first-order chi connectivity index (χ1) is 11.6. The second-order valence-electron chi connectivity index (χ2n) is 5.80. The number of aromatic nitrogens is 1. The van der Waals surface area contributed by atoms with Crippen LogP contribution in [0.2, 0.25) is 0 Å². The van der Waals surface area contributed by atoms with Crippen molar-refractivity contribution in [1.82, 2.24) is 15.2 Å². The van der Waals surface area contributed by atoms with Crippen LogP contribution in [0, 0.1) is 0 Å². The van der Waals surface area contributed by atoms with E-state index < -0.39 is 0 Å². The molecule has 0 aliphatic carbocycles. The number of carbonyl (C=O) groups excluding carboxylic acids is 1. The van der Waals surface area contributed by atoms with Gasteiger partial charge in [-0.3, -0.25) is 9.59 Å². The lowest BCUT2D eigenvalue weighted by Gasteiger charge is -2.23. The lowest BCUT2D eigenvalue weighted by molar-refractivity contribution is 0.0937. The summed E-state index contributed by atoms with van der Waals surface area (Å²) >= 11 is 1.66. The second-order valence-corrected chi connectivity index (χ2v) is 6.78. The first-order valence-electron chi connectivity index (χ1n) is 7.66. The number of carbonyl (C=O) groups is 1. The van der Waals surface area contributed by atoms with Crippen LogP contribution >= 0.6 is 11.3 Å². The molecular formula is C18H19N3O2S. The van der Waals surface area contributed by atoms with E-state index in [4.69, 9.17) is 0 Å². The van der Waals surface area contributed by atoms with Crippen LogP contribution in [0.5, 0.6) is 0 Å². The Balaban J connectivity index is 1.79. The fourth-order valence-corrected chi connectivity index (χ4v) is 3.56. The number of nitrogens with zero attached hydrogens (tertiary/aromatic N) is 1. The molecule has 0 radical (unpaired) electrons. The molecule has 2 N–H and O–H groups in total. The topological polar surface area (TPSA) is 65.2 Å². The Kier molecular flexibility index (Phi) is 4.78. The van der Waals surface area contributed by atoms with E-state index in [1.807, 2.05) is 37.7 Å². The summed E-state index contributed by atoms with van der Waals surface area (Å²) in [7, 11) is 3.96. The molecule has 0 spiro atoms. The maximum absolute atomic E-state index is 12.4. The molecule has 1 atom stereocenters. The van der Waals surface area contributed by atoms with E-state index in [1.54, 1.807) is 29.5 Å². The van der Waals surface area contributed by atoms with Crippen LogP contribution < -0.4 is 10.9 Å². The Hall–Kier alpha value is -2.44. The molecule has 5 nitrogen and oxygen atoms in total. The normalized spacial score (nSPS) is 12.5. The lowest BCUT2D eigenvalue weighted by Crippen LogP contribution is -2.35. The van der Waals surface area contributed by atoms with Gasteiger partial charge in [0, 0.05) is 16.8 Å². The van der Waals surface area contributed by atoms with Gasteiger partial charge in [0.25, 0.3) is 11.5 Å². The average Bonchev–Trinajstić information content (AvgIpc) is 3.08. The molecule has 0 aliphatic heterocycles. The van der Waals surface area contributed by atoms with Crippen LogP contribution in [0.15, 0.2) is 52.6 Å². The van der Waals surface area contributed by atoms with Gasteiger partial charge in [-0.15, -0.1) is 11.3 Å². The number of nitrogens with one attached hydrogen (secondary N) is 2. The van der Waals surface area contributed by atoms with Crippen molar-refractivity contribution in [1.29, 1.82) is 0 Å². The quantitative estimate of drug-likeness (QED) is 0.750. The summed E-state index contributed by atoms with van der Waals surface area (Å²) in [5.74, 6) is -0.277. The summed E-state index contributed by atoms with van der Waals surface area (Å²) in [5, 5.41) is 6.28. The highest BCUT2D eigenvalue weighted by atomic mass is 32.1. The van der Waals surface area contributed by atoms with Crippen molar-refractivity contribution < 1.29 is 4.79 Å². The van der Waals surface area contributed by atoms with Crippen molar-refractivity contribution in [3.05, 3.63) is 68.8 Å². The van der Waals surface area contributed by atoms with Gasteiger partial charge in [0.1, 0.15) is 5.69 Å². The van der Waals surface area contributed by atoms with E-state index in [0.717, 1.165) is 5.39 Å². The Morgan fingerprint density at radius 2 is 2.04 bits per heavy atom. The predicted molar refractivity (Wildman–Crippen MR) is 97.6 cm³/mol. The van der Waals surface area contributed by atoms with E-state index in [0.29, 0.717) is 11.9 Å². The number of H-pyrrole nitrogens is 1. The molecule has 0 saturated heterocycles. The number of fused-ring (bicyclic) bond motifs is 1. The molecule has 1 aromatic carbocycles. The number of hydrogen-bond donors (Lipinski definition) is 2. The third-order valence-corrected chi connectivity index (χ3v) is 4.92. The molecule has 3 aromatic rings. The zero-order chi connectivity index (χ0) is 17.1. The molecule has 0 fully saturated rings. The first kappa shape index (κ1) is 16.4. The number of aromatic amines is 1. The van der Waals surface area contributed by atoms with Crippen molar-refractivity contribution in [2.75, 3.05) is 20.6 Å². The fraction of sp³-hybridized carbons (Fsp3) is 0.222. The molecule has 0 aliphatic rings. The van der Waals surface area contributed by atoms with E-state index in [9.17, 15) is 9.59 Å². The van der Waals surface area contributed by atoms with Crippen LogP contribution in [0.25, 0.3) is 10.8 Å². The molecule has 0 saturated carbocycles. The van der Waals surface area contributed by atoms with Gasteiger partial charge >= 0.3 is 0 Å². The summed E-state index contributed by atoms with van der Waals surface area (Å²) in [6, 6.07) is 13.1. The van der Waals surface area contributed by atoms with Gasteiger partial charge in [0.05, 0.1) is 6.04 Å². The van der Waals surface area contributed by atoms with Crippen LogP contribution in [0.1, 0.15) is 21.4 Å². The fourth-order valence-electron chi connectivity index (χ4n) is 2.64. The highest BCUT2D eigenvalue weighted by molar-refractivity contribution is 7.10. The summed E-state index contributed by atoms with van der Waals surface area (Å²) in [4.78, 5) is 30.4. The molecule has 3 rings (SSSR count). The average molecular weight is 341 g/mol. The standard InChI is InChI=1S/C18H19N3O2S/c1-21(2)15(16-8-5-9-24-16)11-19-18(23)14-10-12-6-3-4-7-13(12)17(22)20-14/h3-10,15H,11H2,1-2H3,(H,19,23)(H,20,22). The van der Waals surface area contributed by atoms with Crippen LogP contribution in [0.3, 0.4) is 0 Å². The lowest BCUT2D eigenvalue weighted by atomic mass is 10.1. The molecule has 24 heavy (non-hydrogen) atoms. The van der Waals surface area contributed by atoms with Gasteiger partial charge in [-0.05, 0) is 43.1 Å². The minimum atomic E-state index is -0.277. The second kappa shape index (κ2) is 6.98. The van der Waals surface area contributed by atoms with Gasteiger partial charge in [-0.2, -0.15) is 0 Å². The maximum Gasteiger partial charge on any atom is 0.267 e. The van der Waals surface area contributed by atoms with Gasteiger partial charge in [-0.25, -0.2) is 0 Å². The highest BCUT2D eigenvalue weighted by Gasteiger charge is 2.17. The summed E-state index contributed by atoms with van der Waals surface area (Å²) in [6.07, 6.45) is 0. The zero-order valence-electron chi connectivity index (χ0n) is 13.6. The largest absolute Gasteiger partial charge is 0.349 e. The number of thiophene rings is 1. The molecule has 0 bridgehead atoms. The van der Waals surface area contributed by atoms with Crippen LogP contribution in [0.4, 0.5) is 0 Å². The van der Waals surface area contributed by atoms with E-state index in [-0.39, 0.29) is 23.2 Å². The molecule has 1 unspecified atom stereocenters. The van der Waals surface area contributed by atoms with Crippen molar-refractivity contribution in [2.45, 2.75) is 6.04 Å². The van der Waals surface area contributed by atoms with Gasteiger partial charge in [-0.1, -0.05) is 24.3 Å². The SMILES string of the molecule is CN(C)C(CNC(=O)c1cc2ccccc2c(=O)[nH]1)c1cccs1. The smallest absolute Gasteiger partial charge is 0.267 e. The number of rotatable bonds is 5. The maximum atomic E-state index is 12.4. The number of likely N-dealkylation sites (N-methyl/N-ethyl adjacent to an activating group) is 1. The molecule has 6 heteroatoms. The van der Waals surface area contributed by atoms with Gasteiger partial charge in [0.15, 0.2) is 0 Å². The van der Waals surface area contributed by atoms with E-state index in [1.165, 1.54) is 4.88 Å². The Morgan fingerprint density at radius 1 is 1.25 bits per heavy atom.